The summed E-state index contributed by atoms with van der Waals surface area (Å²) in [6, 6.07) is 18.9. The Morgan fingerprint density at radius 1 is 0.787 bits per heavy atom. The number of rotatable bonds is 2. The van der Waals surface area contributed by atoms with E-state index in [1.165, 1.54) is 0 Å². The zero-order chi connectivity index (χ0) is 32.4. The molecule has 1 aromatic heterocycles. The summed E-state index contributed by atoms with van der Waals surface area (Å²) in [5.74, 6) is -0.115. The number of aromatic hydroxyl groups is 4. The summed E-state index contributed by atoms with van der Waals surface area (Å²) in [4.78, 5) is 0. The summed E-state index contributed by atoms with van der Waals surface area (Å²) < 4.78 is 26.8. The monoisotopic (exact) mass is 628 g/mol. The molecule has 0 fully saturated rings. The molecule has 9 rings (SSSR count). The van der Waals surface area contributed by atoms with E-state index in [9.17, 15) is 20.4 Å². The minimum atomic E-state index is -1.48. The molecule has 5 aromatic rings. The SMILES string of the molecule is CC1=C[C@@H]2c3c(O)cc(-c4cc5ccc(O)cc5o4)cc3O[C@]3(c4ccc(O)c5c4OC(C)(C)C=C5)Oc4cc(O)ccc4[C@@H](C1)[C@H]23. The molecule has 4 aliphatic rings. The molecule has 3 aliphatic heterocycles. The van der Waals surface area contributed by atoms with Crippen molar-refractivity contribution in [3.63, 3.8) is 0 Å². The fourth-order valence-corrected chi connectivity index (χ4v) is 8.01. The third-order valence-electron chi connectivity index (χ3n) is 9.99. The van der Waals surface area contributed by atoms with Crippen LogP contribution in [0, 0.1) is 5.92 Å². The van der Waals surface area contributed by atoms with Crippen molar-refractivity contribution in [2.24, 2.45) is 5.92 Å². The fourth-order valence-electron chi connectivity index (χ4n) is 8.01. The zero-order valence-electron chi connectivity index (χ0n) is 25.9. The van der Waals surface area contributed by atoms with Crippen molar-refractivity contribution in [2.45, 2.75) is 50.4 Å². The van der Waals surface area contributed by atoms with Crippen molar-refractivity contribution in [1.82, 2.24) is 0 Å². The van der Waals surface area contributed by atoms with E-state index in [4.69, 9.17) is 18.6 Å². The van der Waals surface area contributed by atoms with Crippen LogP contribution in [-0.2, 0) is 5.79 Å². The van der Waals surface area contributed by atoms with Gasteiger partial charge in [0, 0.05) is 40.5 Å². The minimum Gasteiger partial charge on any atom is -0.508 e. The van der Waals surface area contributed by atoms with Crippen molar-refractivity contribution < 1.29 is 39.1 Å². The summed E-state index contributed by atoms with van der Waals surface area (Å²) in [6.45, 7) is 5.98. The average molecular weight is 629 g/mol. The van der Waals surface area contributed by atoms with Crippen LogP contribution in [0.1, 0.15) is 61.3 Å². The van der Waals surface area contributed by atoms with Crippen molar-refractivity contribution in [2.75, 3.05) is 0 Å². The minimum absolute atomic E-state index is 0.0636. The summed E-state index contributed by atoms with van der Waals surface area (Å²) in [5, 5.41) is 44.1. The topological polar surface area (TPSA) is 122 Å². The highest BCUT2D eigenvalue weighted by Gasteiger charge is 2.62. The molecule has 0 saturated heterocycles. The quantitative estimate of drug-likeness (QED) is 0.144. The second-order valence-corrected chi connectivity index (χ2v) is 13.6. The Balaban J connectivity index is 1.32. The number of ether oxygens (including phenoxy) is 3. The van der Waals surface area contributed by atoms with Crippen LogP contribution in [0.2, 0.25) is 0 Å². The van der Waals surface area contributed by atoms with Gasteiger partial charge in [-0.25, -0.2) is 0 Å². The molecule has 0 saturated carbocycles. The molecule has 0 unspecified atom stereocenters. The van der Waals surface area contributed by atoms with E-state index >= 15 is 0 Å². The van der Waals surface area contributed by atoms with Crippen LogP contribution in [0.4, 0.5) is 0 Å². The molecule has 47 heavy (non-hydrogen) atoms. The smallest absolute Gasteiger partial charge is 0.285 e. The number of fused-ring (bicyclic) bond motifs is 6. The molecular weight excluding hydrogens is 596 g/mol. The Hall–Kier alpha value is -5.50. The first-order valence-electron chi connectivity index (χ1n) is 15.7. The number of phenolic OH excluding ortho intramolecular Hbond substituents is 4. The van der Waals surface area contributed by atoms with Gasteiger partial charge in [-0.05, 0) is 93.4 Å². The fraction of sp³-hybridized carbons (Fsp3) is 0.231. The highest BCUT2D eigenvalue weighted by Crippen LogP contribution is 2.66. The molecule has 8 heteroatoms. The van der Waals surface area contributed by atoms with Gasteiger partial charge in [0.05, 0.1) is 17.0 Å². The number of phenols is 4. The lowest BCUT2D eigenvalue weighted by Gasteiger charge is -2.55. The van der Waals surface area contributed by atoms with Crippen LogP contribution in [0.5, 0.6) is 40.2 Å². The molecule has 4 aromatic carbocycles. The van der Waals surface area contributed by atoms with E-state index in [1.54, 1.807) is 48.5 Å². The third-order valence-corrected chi connectivity index (χ3v) is 9.99. The number of hydrogen-bond acceptors (Lipinski definition) is 8. The molecular formula is C39H32O8. The van der Waals surface area contributed by atoms with Gasteiger partial charge < -0.3 is 39.1 Å². The molecule has 0 spiro atoms. The van der Waals surface area contributed by atoms with E-state index in [0.717, 1.165) is 22.9 Å². The first-order chi connectivity index (χ1) is 22.5. The maximum atomic E-state index is 11.8. The van der Waals surface area contributed by atoms with E-state index in [0.29, 0.717) is 50.8 Å². The van der Waals surface area contributed by atoms with E-state index in [2.05, 4.69) is 13.0 Å². The molecule has 4 N–H and O–H groups in total. The predicted molar refractivity (Wildman–Crippen MR) is 175 cm³/mol. The Morgan fingerprint density at radius 2 is 1.57 bits per heavy atom. The molecule has 4 heterocycles. The van der Waals surface area contributed by atoms with Gasteiger partial charge in [0.1, 0.15) is 57.2 Å². The Kier molecular flexibility index (Phi) is 5.49. The first-order valence-corrected chi connectivity index (χ1v) is 15.7. The van der Waals surface area contributed by atoms with Gasteiger partial charge in [0.2, 0.25) is 0 Å². The van der Waals surface area contributed by atoms with Crippen molar-refractivity contribution in [3.8, 4) is 51.6 Å². The van der Waals surface area contributed by atoms with Crippen LogP contribution in [0.25, 0.3) is 28.4 Å². The van der Waals surface area contributed by atoms with Gasteiger partial charge in [-0.1, -0.05) is 17.7 Å². The zero-order valence-corrected chi connectivity index (χ0v) is 25.9. The summed E-state index contributed by atoms with van der Waals surface area (Å²) in [7, 11) is 0. The lowest BCUT2D eigenvalue weighted by Crippen LogP contribution is -2.56. The number of benzene rings is 4. The molecule has 0 bridgehead atoms. The second kappa shape index (κ2) is 9.28. The van der Waals surface area contributed by atoms with Gasteiger partial charge in [-0.3, -0.25) is 0 Å². The lowest BCUT2D eigenvalue weighted by atomic mass is 9.61. The van der Waals surface area contributed by atoms with Gasteiger partial charge in [0.15, 0.2) is 0 Å². The van der Waals surface area contributed by atoms with E-state index in [-0.39, 0.29) is 40.8 Å². The molecule has 1 aliphatic carbocycles. The van der Waals surface area contributed by atoms with Gasteiger partial charge in [-0.2, -0.15) is 0 Å². The van der Waals surface area contributed by atoms with Crippen molar-refractivity contribution >= 4 is 17.0 Å². The van der Waals surface area contributed by atoms with Gasteiger partial charge in [0.25, 0.3) is 5.79 Å². The summed E-state index contributed by atoms with van der Waals surface area (Å²) >= 11 is 0. The van der Waals surface area contributed by atoms with Crippen LogP contribution in [-0.4, -0.2) is 26.0 Å². The normalized spacial score (nSPS) is 24.5. The highest BCUT2D eigenvalue weighted by molar-refractivity contribution is 5.84. The first kappa shape index (κ1) is 27.8. The summed E-state index contributed by atoms with van der Waals surface area (Å²) in [5.41, 5.74) is 4.29. The molecule has 236 valence electrons. The van der Waals surface area contributed by atoms with Crippen molar-refractivity contribution in [1.29, 1.82) is 0 Å². The Morgan fingerprint density at radius 3 is 2.43 bits per heavy atom. The van der Waals surface area contributed by atoms with Crippen molar-refractivity contribution in [3.05, 3.63) is 107 Å². The number of allylic oxidation sites excluding steroid dienone is 2. The molecule has 8 nitrogen and oxygen atoms in total. The maximum Gasteiger partial charge on any atom is 0.285 e. The lowest BCUT2D eigenvalue weighted by molar-refractivity contribution is -0.198. The Labute approximate surface area is 270 Å². The predicted octanol–water partition coefficient (Wildman–Crippen LogP) is 8.58. The standard InChI is InChI=1S/C39H32O8/c1-19-12-26-24-7-6-23(41)18-33(24)45-39(28-8-9-29(42)25-10-11-38(2,3)47-37(25)28)36(26)27(13-19)35-30(43)14-21(16-34(35)46-39)31-15-20-4-5-22(40)17-32(20)44-31/h4-11,13-18,26-27,36,40-43H,12H2,1-3H3/t26-,27-,36-,39+/m1/s1. The van der Waals surface area contributed by atoms with Gasteiger partial charge in [-0.15, -0.1) is 0 Å². The van der Waals surface area contributed by atoms with Crippen LogP contribution >= 0.6 is 0 Å². The molecule has 0 radical (unpaired) electrons. The summed E-state index contributed by atoms with van der Waals surface area (Å²) in [6.07, 6.45) is 6.67. The van der Waals surface area contributed by atoms with E-state index in [1.807, 2.05) is 44.2 Å². The largest absolute Gasteiger partial charge is 0.508 e. The van der Waals surface area contributed by atoms with Gasteiger partial charge >= 0.3 is 0 Å². The molecule has 0 amide bonds. The van der Waals surface area contributed by atoms with Crippen LogP contribution < -0.4 is 14.2 Å². The number of hydrogen-bond donors (Lipinski definition) is 4. The number of furan rings is 1. The Bertz CT molecular complexity index is 2220. The third kappa shape index (κ3) is 4.00. The van der Waals surface area contributed by atoms with Crippen LogP contribution in [0.15, 0.2) is 88.9 Å². The second-order valence-electron chi connectivity index (χ2n) is 13.6. The maximum absolute atomic E-state index is 11.8. The molecule has 4 atom stereocenters. The van der Waals surface area contributed by atoms with Crippen LogP contribution in [0.3, 0.4) is 0 Å². The van der Waals surface area contributed by atoms with E-state index < -0.39 is 11.4 Å². The highest BCUT2D eigenvalue weighted by atomic mass is 16.7. The average Bonchev–Trinajstić information content (AvgIpc) is 3.43.